The van der Waals surface area contributed by atoms with Crippen molar-refractivity contribution in [1.29, 1.82) is 5.26 Å². The SMILES string of the molecule is N#Cc1cccc(CN2CCCC(NC(=O)C3CC3)C2)c1. The van der Waals surface area contributed by atoms with Crippen LogP contribution in [-0.2, 0) is 11.3 Å². The van der Waals surface area contributed by atoms with Gasteiger partial charge in [-0.05, 0) is 49.9 Å². The maximum absolute atomic E-state index is 11.9. The Morgan fingerprint density at radius 3 is 3.00 bits per heavy atom. The molecule has 1 aromatic carbocycles. The molecule has 1 aromatic rings. The quantitative estimate of drug-likeness (QED) is 0.920. The van der Waals surface area contributed by atoms with Gasteiger partial charge in [0.05, 0.1) is 11.6 Å². The van der Waals surface area contributed by atoms with Crippen molar-refractivity contribution in [3.05, 3.63) is 35.4 Å². The number of nitrogens with zero attached hydrogens (tertiary/aromatic N) is 2. The van der Waals surface area contributed by atoms with E-state index in [1.165, 1.54) is 5.56 Å². The number of likely N-dealkylation sites (tertiary alicyclic amines) is 1. The molecule has 1 aliphatic carbocycles. The maximum Gasteiger partial charge on any atom is 0.223 e. The molecule has 110 valence electrons. The average Bonchev–Trinajstić information content (AvgIpc) is 3.32. The fraction of sp³-hybridized carbons (Fsp3) is 0.529. The summed E-state index contributed by atoms with van der Waals surface area (Å²) in [5, 5.41) is 12.1. The standard InChI is InChI=1S/C17H21N3O/c18-10-13-3-1-4-14(9-13)11-20-8-2-5-16(12-20)19-17(21)15-6-7-15/h1,3-4,9,15-16H,2,5-8,11-12H2,(H,19,21). The minimum atomic E-state index is 0.244. The van der Waals surface area contributed by atoms with Gasteiger partial charge in [0.1, 0.15) is 0 Å². The number of carbonyl (C=O) groups excluding carboxylic acids is 1. The summed E-state index contributed by atoms with van der Waals surface area (Å²) in [5.74, 6) is 0.529. The third kappa shape index (κ3) is 3.83. The first-order valence-corrected chi connectivity index (χ1v) is 7.76. The Morgan fingerprint density at radius 1 is 1.38 bits per heavy atom. The molecule has 1 saturated heterocycles. The van der Waals surface area contributed by atoms with Crippen LogP contribution in [0.3, 0.4) is 0 Å². The van der Waals surface area contributed by atoms with E-state index in [1.54, 1.807) is 0 Å². The number of hydrogen-bond donors (Lipinski definition) is 1. The number of piperidine rings is 1. The van der Waals surface area contributed by atoms with Crippen LogP contribution in [0.1, 0.15) is 36.8 Å². The van der Waals surface area contributed by atoms with Crippen molar-refractivity contribution in [2.75, 3.05) is 13.1 Å². The summed E-state index contributed by atoms with van der Waals surface area (Å²) in [4.78, 5) is 14.2. The number of benzene rings is 1. The van der Waals surface area contributed by atoms with Gasteiger partial charge in [0.15, 0.2) is 0 Å². The third-order valence-corrected chi connectivity index (χ3v) is 4.26. The molecule has 1 unspecified atom stereocenters. The molecule has 1 amide bonds. The van der Waals surface area contributed by atoms with Gasteiger partial charge in [0.25, 0.3) is 0 Å². The van der Waals surface area contributed by atoms with Crippen molar-refractivity contribution < 1.29 is 4.79 Å². The monoisotopic (exact) mass is 283 g/mol. The molecule has 0 bridgehead atoms. The molecule has 1 N–H and O–H groups in total. The van der Waals surface area contributed by atoms with Crippen LogP contribution in [0.15, 0.2) is 24.3 Å². The lowest BCUT2D eigenvalue weighted by Gasteiger charge is -2.33. The second-order valence-corrected chi connectivity index (χ2v) is 6.17. The number of nitrogens with one attached hydrogen (secondary N) is 1. The molecule has 2 fully saturated rings. The van der Waals surface area contributed by atoms with Gasteiger partial charge < -0.3 is 5.32 Å². The molecule has 1 saturated carbocycles. The maximum atomic E-state index is 11.9. The highest BCUT2D eigenvalue weighted by atomic mass is 16.2. The predicted octanol–water partition coefficient (Wildman–Crippen LogP) is 2.05. The van der Waals surface area contributed by atoms with Gasteiger partial charge in [-0.2, -0.15) is 5.26 Å². The van der Waals surface area contributed by atoms with Crippen LogP contribution in [-0.4, -0.2) is 29.9 Å². The van der Waals surface area contributed by atoms with Crippen LogP contribution in [0, 0.1) is 17.2 Å². The fourth-order valence-corrected chi connectivity index (χ4v) is 2.98. The number of carbonyl (C=O) groups is 1. The van der Waals surface area contributed by atoms with E-state index < -0.39 is 0 Å². The van der Waals surface area contributed by atoms with Crippen LogP contribution in [0.4, 0.5) is 0 Å². The van der Waals surface area contributed by atoms with E-state index in [4.69, 9.17) is 5.26 Å². The Labute approximate surface area is 125 Å². The topological polar surface area (TPSA) is 56.1 Å². The first kappa shape index (κ1) is 14.1. The minimum absolute atomic E-state index is 0.244. The normalized spacial score (nSPS) is 22.5. The average molecular weight is 283 g/mol. The highest BCUT2D eigenvalue weighted by Gasteiger charge is 2.31. The van der Waals surface area contributed by atoms with E-state index in [0.717, 1.165) is 45.3 Å². The molecule has 4 heteroatoms. The molecule has 0 aromatic heterocycles. The van der Waals surface area contributed by atoms with Crippen molar-refractivity contribution in [1.82, 2.24) is 10.2 Å². The number of nitriles is 1. The number of amides is 1. The first-order valence-electron chi connectivity index (χ1n) is 7.76. The van der Waals surface area contributed by atoms with Crippen molar-refractivity contribution in [2.24, 2.45) is 5.92 Å². The number of rotatable bonds is 4. The highest BCUT2D eigenvalue weighted by molar-refractivity contribution is 5.81. The summed E-state index contributed by atoms with van der Waals surface area (Å²) >= 11 is 0. The second kappa shape index (κ2) is 6.28. The summed E-state index contributed by atoms with van der Waals surface area (Å²) in [5.41, 5.74) is 1.88. The smallest absolute Gasteiger partial charge is 0.223 e. The van der Waals surface area contributed by atoms with E-state index in [-0.39, 0.29) is 17.9 Å². The predicted molar refractivity (Wildman–Crippen MR) is 80.3 cm³/mol. The van der Waals surface area contributed by atoms with E-state index in [9.17, 15) is 4.79 Å². The summed E-state index contributed by atoms with van der Waals surface area (Å²) in [6, 6.07) is 10.2. The molecule has 21 heavy (non-hydrogen) atoms. The van der Waals surface area contributed by atoms with Crippen molar-refractivity contribution in [2.45, 2.75) is 38.3 Å². The highest BCUT2D eigenvalue weighted by Crippen LogP contribution is 2.29. The van der Waals surface area contributed by atoms with Crippen molar-refractivity contribution >= 4 is 5.91 Å². The lowest BCUT2D eigenvalue weighted by molar-refractivity contribution is -0.123. The Hall–Kier alpha value is -1.86. The van der Waals surface area contributed by atoms with Crippen molar-refractivity contribution in [3.63, 3.8) is 0 Å². The van der Waals surface area contributed by atoms with Crippen LogP contribution in [0.5, 0.6) is 0 Å². The zero-order valence-corrected chi connectivity index (χ0v) is 12.2. The Bertz CT molecular complexity index is 559. The van der Waals surface area contributed by atoms with E-state index in [1.807, 2.05) is 18.2 Å². The Balaban J connectivity index is 1.55. The second-order valence-electron chi connectivity index (χ2n) is 6.17. The minimum Gasteiger partial charge on any atom is -0.352 e. The Morgan fingerprint density at radius 2 is 2.24 bits per heavy atom. The van der Waals surface area contributed by atoms with Gasteiger partial charge in [-0.15, -0.1) is 0 Å². The summed E-state index contributed by atoms with van der Waals surface area (Å²) in [6.07, 6.45) is 4.31. The molecule has 0 spiro atoms. The van der Waals surface area contributed by atoms with E-state index >= 15 is 0 Å². The first-order chi connectivity index (χ1) is 10.2. The molecule has 0 radical (unpaired) electrons. The summed E-state index contributed by atoms with van der Waals surface area (Å²) in [7, 11) is 0. The molecular weight excluding hydrogens is 262 g/mol. The van der Waals surface area contributed by atoms with Gasteiger partial charge in [0, 0.05) is 25.0 Å². The van der Waals surface area contributed by atoms with Crippen LogP contribution in [0.25, 0.3) is 0 Å². The third-order valence-electron chi connectivity index (χ3n) is 4.26. The lowest BCUT2D eigenvalue weighted by Crippen LogP contribution is -2.47. The largest absolute Gasteiger partial charge is 0.352 e. The lowest BCUT2D eigenvalue weighted by atomic mass is 10.0. The summed E-state index contributed by atoms with van der Waals surface area (Å²) < 4.78 is 0. The van der Waals surface area contributed by atoms with Gasteiger partial charge >= 0.3 is 0 Å². The van der Waals surface area contributed by atoms with Crippen LogP contribution >= 0.6 is 0 Å². The zero-order valence-electron chi connectivity index (χ0n) is 12.2. The Kier molecular flexibility index (Phi) is 4.21. The van der Waals surface area contributed by atoms with Gasteiger partial charge in [0.2, 0.25) is 5.91 Å². The molecule has 1 heterocycles. The fourth-order valence-electron chi connectivity index (χ4n) is 2.98. The van der Waals surface area contributed by atoms with Crippen LogP contribution in [0.2, 0.25) is 0 Å². The van der Waals surface area contributed by atoms with Gasteiger partial charge in [-0.25, -0.2) is 0 Å². The molecule has 4 nitrogen and oxygen atoms in total. The zero-order chi connectivity index (χ0) is 14.7. The van der Waals surface area contributed by atoms with Crippen LogP contribution < -0.4 is 5.32 Å². The molecular formula is C17H21N3O. The van der Waals surface area contributed by atoms with Gasteiger partial charge in [-0.1, -0.05) is 12.1 Å². The van der Waals surface area contributed by atoms with Gasteiger partial charge in [-0.3, -0.25) is 9.69 Å². The van der Waals surface area contributed by atoms with Crippen molar-refractivity contribution in [3.8, 4) is 6.07 Å². The summed E-state index contributed by atoms with van der Waals surface area (Å²) in [6.45, 7) is 2.83. The number of hydrogen-bond acceptors (Lipinski definition) is 3. The van der Waals surface area contributed by atoms with E-state index in [2.05, 4.69) is 22.4 Å². The molecule has 1 aliphatic heterocycles. The molecule has 3 rings (SSSR count). The molecule has 2 aliphatic rings. The van der Waals surface area contributed by atoms with E-state index in [0.29, 0.717) is 5.56 Å². The molecule has 1 atom stereocenters.